The first-order chi connectivity index (χ1) is 6.58. The highest BCUT2D eigenvalue weighted by atomic mass is 35.5. The summed E-state index contributed by atoms with van der Waals surface area (Å²) < 4.78 is 26.9. The fraction of sp³-hybridized carbons (Fsp3) is 1.00. The molecule has 0 aliphatic rings. The van der Waals surface area contributed by atoms with Gasteiger partial charge in [0.15, 0.2) is 6.35 Å². The third kappa shape index (κ3) is 5.99. The van der Waals surface area contributed by atoms with Crippen molar-refractivity contribution in [3.8, 4) is 0 Å². The van der Waals surface area contributed by atoms with Gasteiger partial charge in [-0.25, -0.2) is 0 Å². The van der Waals surface area contributed by atoms with Gasteiger partial charge in [-0.3, -0.25) is 4.57 Å². The van der Waals surface area contributed by atoms with Crippen molar-refractivity contribution in [1.29, 1.82) is 0 Å². The molecule has 0 N–H and O–H groups in total. The number of hydrogen-bond donors (Lipinski definition) is 0. The summed E-state index contributed by atoms with van der Waals surface area (Å²) in [5.41, 5.74) is -0.441. The fourth-order valence-corrected chi connectivity index (χ4v) is 2.32. The summed E-state index contributed by atoms with van der Waals surface area (Å²) in [7, 11) is -3.09. The molecule has 0 aliphatic heterocycles. The summed E-state index contributed by atoms with van der Waals surface area (Å²) >= 11 is 5.72. The Morgan fingerprint density at radius 2 is 1.71 bits per heavy atom. The monoisotopic (exact) mass is 244 g/mol. The lowest BCUT2D eigenvalue weighted by Crippen LogP contribution is -2.08. The zero-order valence-corrected chi connectivity index (χ0v) is 10.5. The van der Waals surface area contributed by atoms with E-state index >= 15 is 0 Å². The van der Waals surface area contributed by atoms with Crippen LogP contribution in [0.5, 0.6) is 0 Å². The third-order valence-corrected chi connectivity index (χ3v) is 3.59. The first-order valence-corrected chi connectivity index (χ1v) is 6.88. The average Bonchev–Trinajstić information content (AvgIpc) is 2.15. The summed E-state index contributed by atoms with van der Waals surface area (Å²) in [5.74, 6) is 0. The van der Waals surface area contributed by atoms with Crippen LogP contribution in [0.15, 0.2) is 0 Å². The van der Waals surface area contributed by atoms with Crippen molar-refractivity contribution in [2.24, 2.45) is 0 Å². The first-order valence-electron chi connectivity index (χ1n) is 4.71. The minimum Gasteiger partial charge on any atom is -0.350 e. The van der Waals surface area contributed by atoms with Crippen LogP contribution in [0.4, 0.5) is 0 Å². The molecule has 1 atom stereocenters. The van der Waals surface area contributed by atoms with E-state index in [0.29, 0.717) is 19.6 Å². The molecule has 0 aliphatic carbocycles. The van der Waals surface area contributed by atoms with Crippen molar-refractivity contribution in [1.82, 2.24) is 0 Å². The van der Waals surface area contributed by atoms with E-state index in [-0.39, 0.29) is 6.35 Å². The molecule has 14 heavy (non-hydrogen) atoms. The molecule has 0 aromatic heterocycles. The molecule has 86 valence electrons. The van der Waals surface area contributed by atoms with Crippen molar-refractivity contribution in [2.45, 2.75) is 32.8 Å². The van der Waals surface area contributed by atoms with Crippen LogP contribution in [0, 0.1) is 0 Å². The molecule has 6 heteroatoms. The molecular weight excluding hydrogens is 227 g/mol. The molecule has 0 spiro atoms. The maximum Gasteiger partial charge on any atom is 0.356 e. The maximum atomic E-state index is 11.8. The SMILES string of the molecule is CCOP(=O)(CO[C@H](Cl)CC)OCC. The van der Waals surface area contributed by atoms with E-state index in [4.69, 9.17) is 25.4 Å². The number of ether oxygens (including phenoxy) is 1. The largest absolute Gasteiger partial charge is 0.356 e. The Labute approximate surface area is 90.4 Å². The van der Waals surface area contributed by atoms with Gasteiger partial charge in [0.2, 0.25) is 0 Å². The van der Waals surface area contributed by atoms with Crippen molar-refractivity contribution in [3.05, 3.63) is 0 Å². The van der Waals surface area contributed by atoms with Crippen LogP contribution in [0.25, 0.3) is 0 Å². The number of halogens is 1. The minimum absolute atomic E-state index is 0.0866. The molecule has 0 amide bonds. The second-order valence-electron chi connectivity index (χ2n) is 2.56. The molecule has 0 saturated carbocycles. The van der Waals surface area contributed by atoms with Gasteiger partial charge in [0.1, 0.15) is 5.56 Å². The molecule has 0 unspecified atom stereocenters. The first kappa shape index (κ1) is 14.4. The third-order valence-electron chi connectivity index (χ3n) is 1.39. The smallest absolute Gasteiger partial charge is 0.350 e. The zero-order valence-electron chi connectivity index (χ0n) is 8.86. The van der Waals surface area contributed by atoms with E-state index < -0.39 is 13.2 Å². The highest BCUT2D eigenvalue weighted by Gasteiger charge is 2.24. The maximum absolute atomic E-state index is 11.8. The second-order valence-corrected chi connectivity index (χ2v) is 5.04. The molecule has 0 aromatic rings. The Morgan fingerprint density at radius 3 is 2.07 bits per heavy atom. The molecule has 4 nitrogen and oxygen atoms in total. The van der Waals surface area contributed by atoms with Crippen molar-refractivity contribution in [2.75, 3.05) is 19.6 Å². The lowest BCUT2D eigenvalue weighted by atomic mass is 10.5. The highest BCUT2D eigenvalue weighted by Crippen LogP contribution is 2.48. The lowest BCUT2D eigenvalue weighted by molar-refractivity contribution is 0.111. The van der Waals surface area contributed by atoms with Crippen LogP contribution >= 0.6 is 19.2 Å². The summed E-state index contributed by atoms with van der Waals surface area (Å²) in [6, 6.07) is 0. The van der Waals surface area contributed by atoms with Gasteiger partial charge in [0, 0.05) is 0 Å². The zero-order chi connectivity index (χ0) is 11.0. The van der Waals surface area contributed by atoms with Crippen LogP contribution in [-0.2, 0) is 18.3 Å². The Bertz CT molecular complexity index is 178. The molecule has 0 radical (unpaired) electrons. The van der Waals surface area contributed by atoms with E-state index in [1.165, 1.54) is 0 Å². The van der Waals surface area contributed by atoms with Gasteiger partial charge in [-0.2, -0.15) is 0 Å². The summed E-state index contributed by atoms with van der Waals surface area (Å²) in [4.78, 5) is 0. The van der Waals surface area contributed by atoms with Gasteiger partial charge in [-0.15, -0.1) is 0 Å². The highest BCUT2D eigenvalue weighted by molar-refractivity contribution is 7.53. The van der Waals surface area contributed by atoms with Gasteiger partial charge in [0.05, 0.1) is 13.2 Å². The van der Waals surface area contributed by atoms with E-state index in [2.05, 4.69) is 0 Å². The van der Waals surface area contributed by atoms with Crippen LogP contribution in [0.2, 0.25) is 0 Å². The van der Waals surface area contributed by atoms with E-state index in [1.54, 1.807) is 13.8 Å². The van der Waals surface area contributed by atoms with Crippen molar-refractivity contribution < 1.29 is 18.3 Å². The van der Waals surface area contributed by atoms with E-state index in [0.717, 1.165) is 0 Å². The van der Waals surface area contributed by atoms with Gasteiger partial charge in [0.25, 0.3) is 0 Å². The minimum atomic E-state index is -3.09. The van der Waals surface area contributed by atoms with Crippen LogP contribution in [0.3, 0.4) is 0 Å². The molecule has 0 bridgehead atoms. The van der Waals surface area contributed by atoms with Gasteiger partial charge >= 0.3 is 7.60 Å². The number of hydrogen-bond acceptors (Lipinski definition) is 4. The van der Waals surface area contributed by atoms with Crippen LogP contribution < -0.4 is 0 Å². The normalized spacial score (nSPS) is 14.3. The summed E-state index contributed by atoms with van der Waals surface area (Å²) in [5, 5.41) is 0. The average molecular weight is 245 g/mol. The van der Waals surface area contributed by atoms with Gasteiger partial charge < -0.3 is 13.8 Å². The number of rotatable bonds is 8. The second kappa shape index (κ2) is 7.66. The summed E-state index contributed by atoms with van der Waals surface area (Å²) in [6.07, 6.45) is 0.566. The predicted molar refractivity (Wildman–Crippen MR) is 56.7 cm³/mol. The van der Waals surface area contributed by atoms with Crippen molar-refractivity contribution >= 4 is 19.2 Å². The predicted octanol–water partition coefficient (Wildman–Crippen LogP) is 3.20. The number of alkyl halides is 1. The van der Waals surface area contributed by atoms with E-state index in [1.807, 2.05) is 6.92 Å². The lowest BCUT2D eigenvalue weighted by Gasteiger charge is -2.18. The molecule has 0 saturated heterocycles. The van der Waals surface area contributed by atoms with E-state index in [9.17, 15) is 4.57 Å². The van der Waals surface area contributed by atoms with Crippen molar-refractivity contribution in [3.63, 3.8) is 0 Å². The van der Waals surface area contributed by atoms with Crippen LogP contribution in [0.1, 0.15) is 27.2 Å². The van der Waals surface area contributed by atoms with Crippen LogP contribution in [-0.4, -0.2) is 25.1 Å². The fourth-order valence-electron chi connectivity index (χ4n) is 0.795. The molecule has 0 aromatic carbocycles. The molecule has 0 fully saturated rings. The standard InChI is InChI=1S/C8H18ClO4P/c1-4-8(9)11-7-14(10,12-5-2)13-6-3/h8H,4-7H2,1-3H3/t8-/m0/s1. The Morgan fingerprint density at radius 1 is 1.21 bits per heavy atom. The van der Waals surface area contributed by atoms with Gasteiger partial charge in [-0.1, -0.05) is 18.5 Å². The Hall–Kier alpha value is 0.400. The molecule has 0 heterocycles. The molecule has 0 rings (SSSR count). The topological polar surface area (TPSA) is 44.8 Å². The summed E-state index contributed by atoms with van der Waals surface area (Å²) in [6.45, 7) is 6.05. The van der Waals surface area contributed by atoms with Gasteiger partial charge in [-0.05, 0) is 20.3 Å². The quantitative estimate of drug-likeness (QED) is 0.486. The molecular formula is C8H18ClO4P. The Balaban J connectivity index is 4.02. The Kier molecular flexibility index (Phi) is 7.88.